The number of aryl methyl sites for hydroxylation is 2. The van der Waals surface area contributed by atoms with E-state index in [9.17, 15) is 0 Å². The van der Waals surface area contributed by atoms with Gasteiger partial charge in [0.15, 0.2) is 0 Å². The van der Waals surface area contributed by atoms with Gasteiger partial charge in [-0.1, -0.05) is 12.1 Å². The number of benzene rings is 1. The van der Waals surface area contributed by atoms with Gasteiger partial charge in [-0.05, 0) is 36.7 Å². The first-order chi connectivity index (χ1) is 11.7. The van der Waals surface area contributed by atoms with Crippen LogP contribution in [0.4, 0.5) is 0 Å². The summed E-state index contributed by atoms with van der Waals surface area (Å²) in [5.41, 5.74) is 4.76. The average molecular weight is 385 g/mol. The van der Waals surface area contributed by atoms with Crippen LogP contribution >= 0.6 is 45.3 Å². The molecule has 0 N–H and O–H groups in total. The molecule has 0 unspecified atom stereocenters. The van der Waals surface area contributed by atoms with Crippen molar-refractivity contribution in [3.05, 3.63) is 45.0 Å². The topological polar surface area (TPSA) is 25.8 Å². The van der Waals surface area contributed by atoms with Gasteiger partial charge in [-0.25, -0.2) is 9.97 Å². The van der Waals surface area contributed by atoms with Gasteiger partial charge in [-0.3, -0.25) is 0 Å². The fourth-order valence-corrected chi connectivity index (χ4v) is 6.70. The zero-order valence-electron chi connectivity index (χ0n) is 13.0. The van der Waals surface area contributed by atoms with Crippen molar-refractivity contribution in [2.75, 3.05) is 0 Å². The van der Waals surface area contributed by atoms with E-state index >= 15 is 0 Å². The second-order valence-electron chi connectivity index (χ2n) is 5.53. The van der Waals surface area contributed by atoms with Gasteiger partial charge in [-0.2, -0.15) is 0 Å². The normalized spacial score (nSPS) is 11.8. The molecule has 0 aliphatic rings. The van der Waals surface area contributed by atoms with Crippen molar-refractivity contribution in [1.29, 1.82) is 0 Å². The van der Waals surface area contributed by atoms with Crippen LogP contribution in [0.3, 0.4) is 0 Å². The van der Waals surface area contributed by atoms with Gasteiger partial charge >= 0.3 is 0 Å². The Balaban J connectivity index is 2.05. The molecule has 0 atom stereocenters. The van der Waals surface area contributed by atoms with Gasteiger partial charge in [0.05, 0.1) is 30.4 Å². The first kappa shape index (κ1) is 14.7. The minimum Gasteiger partial charge on any atom is -0.241 e. The quantitative estimate of drug-likeness (QED) is 0.328. The van der Waals surface area contributed by atoms with Crippen molar-refractivity contribution >= 4 is 65.8 Å². The third-order valence-corrected chi connectivity index (χ3v) is 7.68. The highest BCUT2D eigenvalue weighted by atomic mass is 32.1. The molecule has 1 aromatic carbocycles. The van der Waals surface area contributed by atoms with Crippen molar-refractivity contribution < 1.29 is 0 Å². The minimum atomic E-state index is 1.11. The summed E-state index contributed by atoms with van der Waals surface area (Å²) in [5, 5.41) is 6.48. The van der Waals surface area contributed by atoms with Crippen LogP contribution in [0.2, 0.25) is 0 Å². The molecule has 6 heteroatoms. The lowest BCUT2D eigenvalue weighted by Gasteiger charge is -2.07. The van der Waals surface area contributed by atoms with E-state index < -0.39 is 0 Å². The molecule has 118 valence electrons. The monoisotopic (exact) mass is 384 g/mol. The lowest BCUT2D eigenvalue weighted by molar-refractivity contribution is 1.34. The van der Waals surface area contributed by atoms with Crippen LogP contribution in [0.1, 0.15) is 10.0 Å². The molecule has 0 radical (unpaired) electrons. The van der Waals surface area contributed by atoms with Crippen LogP contribution in [-0.4, -0.2) is 9.97 Å². The SMILES string of the molecule is Cc1nc2c(-c3cccs3)c3sc(C)nc3c(-c3cccs3)c2s1. The second-order valence-corrected chi connectivity index (χ2v) is 9.83. The van der Waals surface area contributed by atoms with E-state index in [4.69, 9.17) is 9.97 Å². The largest absolute Gasteiger partial charge is 0.241 e. The zero-order valence-corrected chi connectivity index (χ0v) is 16.3. The van der Waals surface area contributed by atoms with Gasteiger partial charge in [-0.15, -0.1) is 45.3 Å². The average Bonchev–Trinajstić information content (AvgIpc) is 3.31. The van der Waals surface area contributed by atoms with E-state index in [0.29, 0.717) is 0 Å². The Morgan fingerprint density at radius 3 is 1.54 bits per heavy atom. The molecule has 0 saturated carbocycles. The maximum atomic E-state index is 4.91. The van der Waals surface area contributed by atoms with Crippen molar-refractivity contribution in [2.24, 2.45) is 0 Å². The third kappa shape index (κ3) is 2.10. The number of hydrogen-bond donors (Lipinski definition) is 0. The molecular formula is C18H12N2S4. The Morgan fingerprint density at radius 1 is 0.708 bits per heavy atom. The summed E-state index contributed by atoms with van der Waals surface area (Å²) in [5.74, 6) is 0. The summed E-state index contributed by atoms with van der Waals surface area (Å²) in [6, 6.07) is 8.59. The van der Waals surface area contributed by atoms with Gasteiger partial charge in [0, 0.05) is 20.9 Å². The number of aromatic nitrogens is 2. The third-order valence-electron chi connectivity index (χ3n) is 3.93. The van der Waals surface area contributed by atoms with E-state index in [1.54, 1.807) is 45.3 Å². The van der Waals surface area contributed by atoms with Crippen LogP contribution in [0.25, 0.3) is 41.3 Å². The smallest absolute Gasteiger partial charge is 0.0924 e. The number of thiazole rings is 2. The molecule has 2 nitrogen and oxygen atoms in total. The molecule has 0 aliphatic heterocycles. The van der Waals surface area contributed by atoms with Crippen LogP contribution < -0.4 is 0 Å². The molecule has 4 aromatic heterocycles. The number of fused-ring (bicyclic) bond motifs is 2. The van der Waals surface area contributed by atoms with E-state index in [2.05, 4.69) is 48.9 Å². The number of rotatable bonds is 2. The number of nitrogens with zero attached hydrogens (tertiary/aromatic N) is 2. The first-order valence-electron chi connectivity index (χ1n) is 7.50. The molecule has 0 fully saturated rings. The van der Waals surface area contributed by atoms with E-state index in [1.165, 1.54) is 30.3 Å². The highest BCUT2D eigenvalue weighted by Crippen LogP contribution is 2.48. The van der Waals surface area contributed by atoms with E-state index in [0.717, 1.165) is 21.0 Å². The Bertz CT molecular complexity index is 1010. The van der Waals surface area contributed by atoms with Gasteiger partial charge < -0.3 is 0 Å². The van der Waals surface area contributed by atoms with Crippen molar-refractivity contribution in [3.8, 4) is 20.9 Å². The molecule has 4 heterocycles. The van der Waals surface area contributed by atoms with Crippen LogP contribution in [0.5, 0.6) is 0 Å². The molecule has 5 rings (SSSR count). The molecule has 0 bridgehead atoms. The number of hydrogen-bond acceptors (Lipinski definition) is 6. The molecule has 24 heavy (non-hydrogen) atoms. The molecule has 0 aliphatic carbocycles. The van der Waals surface area contributed by atoms with Crippen LogP contribution in [0, 0.1) is 13.8 Å². The number of thiophene rings is 2. The standard InChI is InChI=1S/C18H12N2S4/c1-9-19-15-13(11-5-3-7-21-11)18-16(20-10(2)24-18)14(17(15)23-9)12-6-4-8-22-12/h3-8H,1-2H3. The Kier molecular flexibility index (Phi) is 3.35. The Morgan fingerprint density at radius 2 is 1.17 bits per heavy atom. The van der Waals surface area contributed by atoms with E-state index in [1.807, 2.05) is 0 Å². The highest BCUT2D eigenvalue weighted by molar-refractivity contribution is 7.22. The fourth-order valence-electron chi connectivity index (χ4n) is 3.05. The summed E-state index contributed by atoms with van der Waals surface area (Å²) in [7, 11) is 0. The predicted octanol–water partition coefficient (Wildman–Crippen LogP) is 6.98. The van der Waals surface area contributed by atoms with E-state index in [-0.39, 0.29) is 0 Å². The molecule has 0 spiro atoms. The zero-order chi connectivity index (χ0) is 16.3. The van der Waals surface area contributed by atoms with Gasteiger partial charge in [0.1, 0.15) is 0 Å². The minimum absolute atomic E-state index is 1.11. The van der Waals surface area contributed by atoms with Gasteiger partial charge in [0.25, 0.3) is 0 Å². The van der Waals surface area contributed by atoms with Crippen LogP contribution in [-0.2, 0) is 0 Å². The summed E-state index contributed by atoms with van der Waals surface area (Å²) >= 11 is 7.10. The van der Waals surface area contributed by atoms with Crippen molar-refractivity contribution in [1.82, 2.24) is 9.97 Å². The molecule has 0 amide bonds. The fraction of sp³-hybridized carbons (Fsp3) is 0.111. The summed E-state index contributed by atoms with van der Waals surface area (Å²) in [4.78, 5) is 12.4. The van der Waals surface area contributed by atoms with Crippen molar-refractivity contribution in [3.63, 3.8) is 0 Å². The maximum Gasteiger partial charge on any atom is 0.0924 e. The molecular weight excluding hydrogens is 372 g/mol. The molecule has 0 saturated heterocycles. The Hall–Kier alpha value is -1.60. The second kappa shape index (κ2) is 5.46. The van der Waals surface area contributed by atoms with Crippen LogP contribution in [0.15, 0.2) is 35.0 Å². The van der Waals surface area contributed by atoms with Gasteiger partial charge in [0.2, 0.25) is 0 Å². The lowest BCUT2D eigenvalue weighted by atomic mass is 10.1. The van der Waals surface area contributed by atoms with Crippen molar-refractivity contribution in [2.45, 2.75) is 13.8 Å². The summed E-state index contributed by atoms with van der Waals surface area (Å²) in [6.45, 7) is 4.18. The lowest BCUT2D eigenvalue weighted by Crippen LogP contribution is -1.84. The predicted molar refractivity (Wildman–Crippen MR) is 109 cm³/mol. The first-order valence-corrected chi connectivity index (χ1v) is 10.9. The summed E-state index contributed by atoms with van der Waals surface area (Å²) < 4.78 is 2.52. The maximum absolute atomic E-state index is 4.91. The Labute approximate surface area is 155 Å². The summed E-state index contributed by atoms with van der Waals surface area (Å²) in [6.07, 6.45) is 0. The highest BCUT2D eigenvalue weighted by Gasteiger charge is 2.23. The molecule has 5 aromatic rings.